The van der Waals surface area contributed by atoms with Crippen molar-refractivity contribution >= 4 is 11.7 Å². The number of aliphatic hydroxyl groups is 3. The summed E-state index contributed by atoms with van der Waals surface area (Å²) < 4.78 is 11.4. The minimum Gasteiger partial charge on any atom is -0.496 e. The maximum atomic E-state index is 12.4. The van der Waals surface area contributed by atoms with E-state index in [2.05, 4.69) is 10.3 Å². The van der Waals surface area contributed by atoms with E-state index in [0.717, 1.165) is 4.57 Å². The molecule has 1 amide bonds. The summed E-state index contributed by atoms with van der Waals surface area (Å²) in [6.45, 7) is -0.510. The summed E-state index contributed by atoms with van der Waals surface area (Å²) in [7, 11) is 1.44. The van der Waals surface area contributed by atoms with Gasteiger partial charge in [0.1, 0.15) is 29.9 Å². The van der Waals surface area contributed by atoms with E-state index >= 15 is 0 Å². The first kappa shape index (κ1) is 19.0. The van der Waals surface area contributed by atoms with Crippen LogP contribution in [-0.4, -0.2) is 62.8 Å². The molecule has 27 heavy (non-hydrogen) atoms. The molecule has 0 aliphatic carbocycles. The molecule has 1 fully saturated rings. The summed E-state index contributed by atoms with van der Waals surface area (Å²) in [5.41, 5.74) is -0.530. The Morgan fingerprint density at radius 3 is 2.67 bits per heavy atom. The Morgan fingerprint density at radius 2 is 2.04 bits per heavy atom. The molecule has 4 atom stereocenters. The van der Waals surface area contributed by atoms with Crippen LogP contribution in [0.2, 0.25) is 0 Å². The van der Waals surface area contributed by atoms with Crippen LogP contribution < -0.4 is 15.7 Å². The standard InChI is InChI=1S/C17H19N3O7/c1-26-10-5-3-2-4-9(10)15(24)18-12-6-7-20(17(25)19-12)16-14(23)13(22)11(8-21)27-16/h2-7,11,13-14,16,21-23H,8H2,1H3,(H,18,19,24,25)/t11-,13-,14-,16-/m1/s1. The van der Waals surface area contributed by atoms with Crippen LogP contribution in [0.3, 0.4) is 0 Å². The number of anilines is 1. The molecule has 4 N–H and O–H groups in total. The van der Waals surface area contributed by atoms with Crippen molar-refractivity contribution in [3.63, 3.8) is 0 Å². The zero-order valence-corrected chi connectivity index (χ0v) is 14.3. The molecule has 0 spiro atoms. The maximum Gasteiger partial charge on any atom is 0.351 e. The fourth-order valence-corrected chi connectivity index (χ4v) is 2.80. The third-order valence-electron chi connectivity index (χ3n) is 4.21. The van der Waals surface area contributed by atoms with Crippen LogP contribution in [-0.2, 0) is 4.74 Å². The van der Waals surface area contributed by atoms with E-state index in [-0.39, 0.29) is 11.4 Å². The number of carbonyl (C=O) groups excluding carboxylic acids is 1. The second kappa shape index (κ2) is 7.84. The van der Waals surface area contributed by atoms with Crippen molar-refractivity contribution in [1.29, 1.82) is 0 Å². The molecule has 0 radical (unpaired) electrons. The molecule has 10 nitrogen and oxygen atoms in total. The van der Waals surface area contributed by atoms with Gasteiger partial charge in [0.05, 0.1) is 19.3 Å². The van der Waals surface area contributed by atoms with Gasteiger partial charge in [-0.2, -0.15) is 4.98 Å². The molecule has 0 unspecified atom stereocenters. The molecular weight excluding hydrogens is 358 g/mol. The number of nitrogens with zero attached hydrogens (tertiary/aromatic N) is 2. The van der Waals surface area contributed by atoms with E-state index < -0.39 is 42.7 Å². The van der Waals surface area contributed by atoms with Crippen LogP contribution in [0, 0.1) is 0 Å². The SMILES string of the molecule is COc1ccccc1C(=O)Nc1ccn([C@@H]2O[C@H](CO)[C@@H](O)[C@H]2O)c(=O)n1. The number of nitrogens with one attached hydrogen (secondary N) is 1. The lowest BCUT2D eigenvalue weighted by molar-refractivity contribution is -0.0549. The summed E-state index contributed by atoms with van der Waals surface area (Å²) in [4.78, 5) is 28.4. The van der Waals surface area contributed by atoms with Gasteiger partial charge in [-0.25, -0.2) is 4.79 Å². The molecule has 1 aromatic carbocycles. The van der Waals surface area contributed by atoms with Gasteiger partial charge in [0, 0.05) is 6.20 Å². The van der Waals surface area contributed by atoms with Gasteiger partial charge in [0.2, 0.25) is 0 Å². The molecule has 1 aromatic heterocycles. The summed E-state index contributed by atoms with van der Waals surface area (Å²) in [5.74, 6) is -0.140. The van der Waals surface area contributed by atoms with Crippen LogP contribution >= 0.6 is 0 Å². The highest BCUT2D eigenvalue weighted by molar-refractivity contribution is 6.05. The fraction of sp³-hybridized carbons (Fsp3) is 0.353. The summed E-state index contributed by atoms with van der Waals surface area (Å²) >= 11 is 0. The highest BCUT2D eigenvalue weighted by atomic mass is 16.6. The van der Waals surface area contributed by atoms with Crippen molar-refractivity contribution in [2.75, 3.05) is 19.0 Å². The lowest BCUT2D eigenvalue weighted by Crippen LogP contribution is -2.36. The Balaban J connectivity index is 1.79. The van der Waals surface area contributed by atoms with Crippen molar-refractivity contribution in [2.24, 2.45) is 0 Å². The molecule has 0 bridgehead atoms. The minimum absolute atomic E-state index is 0.00102. The van der Waals surface area contributed by atoms with E-state index in [1.54, 1.807) is 24.3 Å². The Kier molecular flexibility index (Phi) is 5.51. The zero-order chi connectivity index (χ0) is 19.6. The third kappa shape index (κ3) is 3.69. The zero-order valence-electron chi connectivity index (χ0n) is 14.3. The lowest BCUT2D eigenvalue weighted by Gasteiger charge is -2.17. The minimum atomic E-state index is -1.41. The molecule has 1 saturated heterocycles. The van der Waals surface area contributed by atoms with Crippen molar-refractivity contribution in [1.82, 2.24) is 9.55 Å². The van der Waals surface area contributed by atoms with Crippen molar-refractivity contribution in [3.8, 4) is 5.75 Å². The van der Waals surface area contributed by atoms with Gasteiger partial charge in [0.15, 0.2) is 6.23 Å². The number of amides is 1. The van der Waals surface area contributed by atoms with Gasteiger partial charge in [-0.05, 0) is 18.2 Å². The molecule has 3 rings (SSSR count). The van der Waals surface area contributed by atoms with Crippen LogP contribution in [0.25, 0.3) is 0 Å². The second-order valence-corrected chi connectivity index (χ2v) is 5.89. The van der Waals surface area contributed by atoms with Crippen LogP contribution in [0.15, 0.2) is 41.3 Å². The second-order valence-electron chi connectivity index (χ2n) is 5.89. The largest absolute Gasteiger partial charge is 0.496 e. The normalized spacial score (nSPS) is 24.6. The third-order valence-corrected chi connectivity index (χ3v) is 4.21. The van der Waals surface area contributed by atoms with Gasteiger partial charge in [-0.3, -0.25) is 9.36 Å². The molecule has 144 valence electrons. The number of para-hydroxylation sites is 1. The van der Waals surface area contributed by atoms with Gasteiger partial charge < -0.3 is 30.1 Å². The number of benzene rings is 1. The van der Waals surface area contributed by atoms with Crippen LogP contribution in [0.1, 0.15) is 16.6 Å². The smallest absolute Gasteiger partial charge is 0.351 e. The van der Waals surface area contributed by atoms with Crippen molar-refractivity contribution < 1.29 is 29.6 Å². The van der Waals surface area contributed by atoms with Crippen molar-refractivity contribution in [2.45, 2.75) is 24.5 Å². The number of aromatic nitrogens is 2. The quantitative estimate of drug-likeness (QED) is 0.526. The molecule has 0 saturated carbocycles. The van der Waals surface area contributed by atoms with E-state index in [9.17, 15) is 19.8 Å². The predicted octanol–water partition coefficient (Wildman–Crippen LogP) is -0.884. The molecule has 2 heterocycles. The van der Waals surface area contributed by atoms with Gasteiger partial charge in [0.25, 0.3) is 5.91 Å². The Bertz CT molecular complexity index is 885. The first-order chi connectivity index (χ1) is 13.0. The molecule has 1 aliphatic heterocycles. The fourth-order valence-electron chi connectivity index (χ4n) is 2.80. The molecule has 1 aliphatic rings. The van der Waals surface area contributed by atoms with E-state index in [1.807, 2.05) is 0 Å². The van der Waals surface area contributed by atoms with E-state index in [0.29, 0.717) is 5.75 Å². The highest BCUT2D eigenvalue weighted by Crippen LogP contribution is 2.28. The van der Waals surface area contributed by atoms with Gasteiger partial charge in [-0.15, -0.1) is 0 Å². The Morgan fingerprint density at radius 1 is 1.30 bits per heavy atom. The summed E-state index contributed by atoms with van der Waals surface area (Å²) in [6, 6.07) is 7.93. The average molecular weight is 377 g/mol. The number of carbonyl (C=O) groups is 1. The Labute approximate surface area is 153 Å². The van der Waals surface area contributed by atoms with Crippen molar-refractivity contribution in [3.05, 3.63) is 52.6 Å². The number of aliphatic hydroxyl groups excluding tert-OH is 3. The first-order valence-corrected chi connectivity index (χ1v) is 8.12. The van der Waals surface area contributed by atoms with E-state index in [4.69, 9.17) is 14.6 Å². The highest BCUT2D eigenvalue weighted by Gasteiger charge is 2.43. The lowest BCUT2D eigenvalue weighted by atomic mass is 10.1. The van der Waals surface area contributed by atoms with Gasteiger partial charge >= 0.3 is 5.69 Å². The summed E-state index contributed by atoms with van der Waals surface area (Å²) in [6.07, 6.45) is -3.68. The number of methoxy groups -OCH3 is 1. The van der Waals surface area contributed by atoms with Crippen LogP contribution in [0.5, 0.6) is 5.75 Å². The first-order valence-electron chi connectivity index (χ1n) is 8.12. The average Bonchev–Trinajstić information content (AvgIpc) is 2.96. The maximum absolute atomic E-state index is 12.4. The Hall–Kier alpha value is -2.79. The summed E-state index contributed by atoms with van der Waals surface area (Å²) in [5, 5.41) is 31.4. The van der Waals surface area contributed by atoms with Crippen LogP contribution in [0.4, 0.5) is 5.82 Å². The number of rotatable bonds is 5. The number of hydrogen-bond acceptors (Lipinski definition) is 8. The molecule has 2 aromatic rings. The monoisotopic (exact) mass is 377 g/mol. The number of hydrogen-bond donors (Lipinski definition) is 4. The topological polar surface area (TPSA) is 143 Å². The van der Waals surface area contributed by atoms with E-state index in [1.165, 1.54) is 19.4 Å². The number of ether oxygens (including phenoxy) is 2. The van der Waals surface area contributed by atoms with Gasteiger partial charge in [-0.1, -0.05) is 12.1 Å². The predicted molar refractivity (Wildman–Crippen MR) is 92.5 cm³/mol. The molecular formula is C17H19N3O7. The molecule has 10 heteroatoms.